The smallest absolute Gasteiger partial charge is 0.191 e. The number of para-hydroxylation sites is 2. The average Bonchev–Trinajstić information content (AvgIpc) is 2.91. The van der Waals surface area contributed by atoms with E-state index in [1.807, 2.05) is 48.1 Å². The fourth-order valence-electron chi connectivity index (χ4n) is 2.04. The summed E-state index contributed by atoms with van der Waals surface area (Å²) in [5, 5.41) is 3.98. The molecular formula is C14H15N5S. The zero-order chi connectivity index (χ0) is 13.9. The fraction of sp³-hybridized carbons (Fsp3) is 0.214. The number of aromatic nitrogens is 4. The first-order chi connectivity index (χ1) is 9.81. The van der Waals surface area contributed by atoms with Crippen molar-refractivity contribution < 1.29 is 0 Å². The summed E-state index contributed by atoms with van der Waals surface area (Å²) >= 11 is 1.53. The van der Waals surface area contributed by atoms with E-state index in [2.05, 4.69) is 20.3 Å². The number of rotatable bonds is 4. The first-order valence-electron chi connectivity index (χ1n) is 6.41. The van der Waals surface area contributed by atoms with Gasteiger partial charge >= 0.3 is 0 Å². The van der Waals surface area contributed by atoms with Gasteiger partial charge in [0.15, 0.2) is 5.16 Å². The van der Waals surface area contributed by atoms with E-state index < -0.39 is 0 Å². The molecule has 0 radical (unpaired) electrons. The molecule has 3 rings (SSSR count). The third kappa shape index (κ3) is 2.34. The number of anilines is 1. The molecule has 0 saturated heterocycles. The van der Waals surface area contributed by atoms with Crippen molar-refractivity contribution >= 4 is 28.6 Å². The van der Waals surface area contributed by atoms with Gasteiger partial charge in [0.05, 0.1) is 11.0 Å². The number of nitrogens with one attached hydrogen (secondary N) is 1. The summed E-state index contributed by atoms with van der Waals surface area (Å²) < 4.78 is 1.98. The van der Waals surface area contributed by atoms with Crippen molar-refractivity contribution in [2.24, 2.45) is 0 Å². The average molecular weight is 285 g/mol. The van der Waals surface area contributed by atoms with E-state index in [-0.39, 0.29) is 0 Å². The summed E-state index contributed by atoms with van der Waals surface area (Å²) in [5.41, 5.74) is 2.00. The van der Waals surface area contributed by atoms with Crippen molar-refractivity contribution in [3.8, 4) is 5.82 Å². The lowest BCUT2D eigenvalue weighted by Gasteiger charge is -2.08. The van der Waals surface area contributed by atoms with Crippen LogP contribution in [-0.4, -0.2) is 32.3 Å². The minimum atomic E-state index is 0.747. The van der Waals surface area contributed by atoms with Gasteiger partial charge < -0.3 is 5.32 Å². The maximum Gasteiger partial charge on any atom is 0.191 e. The highest BCUT2D eigenvalue weighted by Crippen LogP contribution is 2.20. The summed E-state index contributed by atoms with van der Waals surface area (Å²) in [6, 6.07) is 9.96. The highest BCUT2D eigenvalue weighted by molar-refractivity contribution is 7.98. The molecule has 20 heavy (non-hydrogen) atoms. The minimum Gasteiger partial charge on any atom is -0.370 e. The van der Waals surface area contributed by atoms with Gasteiger partial charge in [0.25, 0.3) is 0 Å². The van der Waals surface area contributed by atoms with E-state index in [9.17, 15) is 0 Å². The molecule has 0 aliphatic rings. The van der Waals surface area contributed by atoms with Gasteiger partial charge in [-0.15, -0.1) is 0 Å². The van der Waals surface area contributed by atoms with Crippen LogP contribution in [0.25, 0.3) is 16.9 Å². The molecule has 0 atom stereocenters. The topological polar surface area (TPSA) is 55.6 Å². The Hall–Kier alpha value is -2.08. The van der Waals surface area contributed by atoms with Gasteiger partial charge in [-0.05, 0) is 25.3 Å². The van der Waals surface area contributed by atoms with E-state index in [0.29, 0.717) is 0 Å². The normalized spacial score (nSPS) is 10.9. The number of hydrogen-bond acceptors (Lipinski definition) is 5. The quantitative estimate of drug-likeness (QED) is 0.590. The number of nitrogens with zero attached hydrogens (tertiary/aromatic N) is 4. The second kappa shape index (κ2) is 5.50. The Bertz CT molecular complexity index is 737. The van der Waals surface area contributed by atoms with E-state index in [0.717, 1.165) is 34.4 Å². The SMILES string of the molecule is CCNc1cc(-n2cnc3ccccc32)nc(SC)n1. The van der Waals surface area contributed by atoms with Gasteiger partial charge in [0.2, 0.25) is 0 Å². The van der Waals surface area contributed by atoms with Crippen molar-refractivity contribution in [3.63, 3.8) is 0 Å². The van der Waals surface area contributed by atoms with Crippen LogP contribution in [0.5, 0.6) is 0 Å². The first-order valence-corrected chi connectivity index (χ1v) is 7.63. The number of benzene rings is 1. The Morgan fingerprint density at radius 3 is 2.90 bits per heavy atom. The number of imidazole rings is 1. The van der Waals surface area contributed by atoms with Crippen LogP contribution in [0.2, 0.25) is 0 Å². The number of thioether (sulfide) groups is 1. The van der Waals surface area contributed by atoms with Crippen molar-refractivity contribution in [1.82, 2.24) is 19.5 Å². The van der Waals surface area contributed by atoms with Crippen LogP contribution in [0.1, 0.15) is 6.92 Å². The van der Waals surface area contributed by atoms with Gasteiger partial charge in [-0.2, -0.15) is 0 Å². The molecule has 0 aliphatic carbocycles. The molecule has 1 aromatic carbocycles. The Labute approximate surface area is 121 Å². The first kappa shape index (κ1) is 12.9. The predicted molar refractivity (Wildman–Crippen MR) is 82.6 cm³/mol. The van der Waals surface area contributed by atoms with Gasteiger partial charge in [0, 0.05) is 12.6 Å². The molecule has 1 N–H and O–H groups in total. The summed E-state index contributed by atoms with van der Waals surface area (Å²) in [5.74, 6) is 1.66. The lowest BCUT2D eigenvalue weighted by atomic mass is 10.3. The second-order valence-electron chi connectivity index (χ2n) is 4.23. The maximum absolute atomic E-state index is 4.56. The van der Waals surface area contributed by atoms with E-state index in [4.69, 9.17) is 0 Å². The van der Waals surface area contributed by atoms with Crippen LogP contribution >= 0.6 is 11.8 Å². The molecule has 0 unspecified atom stereocenters. The number of hydrogen-bond donors (Lipinski definition) is 1. The standard InChI is InChI=1S/C14H15N5S/c1-3-15-12-8-13(18-14(17-12)20-2)19-9-16-10-6-4-5-7-11(10)19/h4-9H,3H2,1-2H3,(H,15,17,18). The van der Waals surface area contributed by atoms with E-state index >= 15 is 0 Å². The Balaban J connectivity index is 2.15. The van der Waals surface area contributed by atoms with Crippen LogP contribution in [0.4, 0.5) is 5.82 Å². The third-order valence-electron chi connectivity index (χ3n) is 2.93. The Kier molecular flexibility index (Phi) is 3.56. The molecule has 2 heterocycles. The summed E-state index contributed by atoms with van der Waals surface area (Å²) in [4.78, 5) is 13.4. The zero-order valence-electron chi connectivity index (χ0n) is 11.4. The molecule has 3 aromatic rings. The van der Waals surface area contributed by atoms with Crippen LogP contribution in [0.3, 0.4) is 0 Å². The maximum atomic E-state index is 4.56. The highest BCUT2D eigenvalue weighted by Gasteiger charge is 2.08. The van der Waals surface area contributed by atoms with Crippen molar-refractivity contribution in [2.75, 3.05) is 18.1 Å². The minimum absolute atomic E-state index is 0.747. The van der Waals surface area contributed by atoms with Gasteiger partial charge in [0.1, 0.15) is 18.0 Å². The monoisotopic (exact) mass is 285 g/mol. The molecule has 102 valence electrons. The Morgan fingerprint density at radius 1 is 1.25 bits per heavy atom. The van der Waals surface area contributed by atoms with Gasteiger partial charge in [-0.3, -0.25) is 4.57 Å². The molecule has 0 saturated carbocycles. The molecular weight excluding hydrogens is 270 g/mol. The highest BCUT2D eigenvalue weighted by atomic mass is 32.2. The summed E-state index contributed by atoms with van der Waals surface area (Å²) in [7, 11) is 0. The van der Waals surface area contributed by atoms with Crippen LogP contribution < -0.4 is 5.32 Å². The second-order valence-corrected chi connectivity index (χ2v) is 5.01. The third-order valence-corrected chi connectivity index (χ3v) is 3.48. The molecule has 2 aromatic heterocycles. The Morgan fingerprint density at radius 2 is 2.10 bits per heavy atom. The van der Waals surface area contributed by atoms with Gasteiger partial charge in [-0.1, -0.05) is 23.9 Å². The van der Waals surface area contributed by atoms with E-state index in [1.54, 1.807) is 6.33 Å². The lowest BCUT2D eigenvalue weighted by molar-refractivity contribution is 0.900. The van der Waals surface area contributed by atoms with Crippen molar-refractivity contribution in [2.45, 2.75) is 12.1 Å². The lowest BCUT2D eigenvalue weighted by Crippen LogP contribution is -2.05. The molecule has 5 nitrogen and oxygen atoms in total. The van der Waals surface area contributed by atoms with Gasteiger partial charge in [-0.25, -0.2) is 15.0 Å². The number of fused-ring (bicyclic) bond motifs is 1. The molecule has 6 heteroatoms. The largest absolute Gasteiger partial charge is 0.370 e. The van der Waals surface area contributed by atoms with Crippen LogP contribution in [0.15, 0.2) is 41.8 Å². The zero-order valence-corrected chi connectivity index (χ0v) is 12.2. The van der Waals surface area contributed by atoms with Crippen molar-refractivity contribution in [1.29, 1.82) is 0 Å². The summed E-state index contributed by atoms with van der Waals surface area (Å²) in [6.45, 7) is 2.88. The molecule has 0 amide bonds. The van der Waals surface area contributed by atoms with Crippen molar-refractivity contribution in [3.05, 3.63) is 36.7 Å². The predicted octanol–water partition coefficient (Wildman–Crippen LogP) is 2.97. The van der Waals surface area contributed by atoms with Crippen LogP contribution in [-0.2, 0) is 0 Å². The molecule has 0 aliphatic heterocycles. The van der Waals surface area contributed by atoms with Crippen LogP contribution in [0, 0.1) is 0 Å². The molecule has 0 spiro atoms. The summed E-state index contributed by atoms with van der Waals surface area (Å²) in [6.07, 6.45) is 3.77. The fourth-order valence-corrected chi connectivity index (χ4v) is 2.42. The molecule has 0 bridgehead atoms. The molecule has 0 fully saturated rings. The van der Waals surface area contributed by atoms with E-state index in [1.165, 1.54) is 11.8 Å².